The molecule has 3 N–H and O–H groups in total. The molecular weight excluding hydrogens is 246 g/mol. The van der Waals surface area contributed by atoms with E-state index in [0.717, 1.165) is 0 Å². The zero-order valence-corrected chi connectivity index (χ0v) is 12.7. The first-order chi connectivity index (χ1) is 8.93. The quantitative estimate of drug-likeness (QED) is 0.573. The summed E-state index contributed by atoms with van der Waals surface area (Å²) in [5, 5.41) is 7.86. The molecule has 0 aromatic heterocycles. The summed E-state index contributed by atoms with van der Waals surface area (Å²) in [6, 6.07) is -0.992. The summed E-state index contributed by atoms with van der Waals surface area (Å²) in [4.78, 5) is 33.3. The third-order valence-corrected chi connectivity index (χ3v) is 2.37. The molecule has 19 heavy (non-hydrogen) atoms. The topological polar surface area (TPSA) is 87.3 Å². The molecule has 0 rings (SSSR count). The maximum absolute atomic E-state index is 11.8. The maximum atomic E-state index is 11.8. The monoisotopic (exact) mass is 273 g/mol. The molecular formula is C13H27N3O3. The third kappa shape index (κ3) is 8.31. The van der Waals surface area contributed by atoms with Crippen molar-refractivity contribution in [3.63, 3.8) is 0 Å². The van der Waals surface area contributed by atoms with E-state index in [9.17, 15) is 14.4 Å². The number of nitrogens with one attached hydrogen (secondary N) is 3. The molecule has 0 bridgehead atoms. The van der Waals surface area contributed by atoms with Crippen LogP contribution in [0.25, 0.3) is 0 Å². The molecule has 0 heterocycles. The first kappa shape index (κ1) is 19.9. The van der Waals surface area contributed by atoms with Gasteiger partial charge >= 0.3 is 0 Å². The second-order valence-electron chi connectivity index (χ2n) is 4.15. The van der Waals surface area contributed by atoms with Gasteiger partial charge in [-0.2, -0.15) is 0 Å². The van der Waals surface area contributed by atoms with E-state index in [-0.39, 0.29) is 30.3 Å². The van der Waals surface area contributed by atoms with Crippen LogP contribution in [-0.4, -0.2) is 43.8 Å². The number of hydrogen-bond acceptors (Lipinski definition) is 4. The number of likely N-dealkylation sites (N-methyl/N-ethyl adjacent to an activating group) is 1. The van der Waals surface area contributed by atoms with Crippen LogP contribution in [0.5, 0.6) is 0 Å². The molecule has 0 aromatic carbocycles. The molecule has 6 nitrogen and oxygen atoms in total. The minimum atomic E-state index is -0.656. The van der Waals surface area contributed by atoms with Crippen LogP contribution < -0.4 is 16.0 Å². The zero-order valence-electron chi connectivity index (χ0n) is 12.7. The van der Waals surface area contributed by atoms with Gasteiger partial charge in [0.15, 0.2) is 0 Å². The summed E-state index contributed by atoms with van der Waals surface area (Å²) in [6.45, 7) is 9.36. The molecule has 1 unspecified atom stereocenters. The smallest absolute Gasteiger partial charge is 0.242 e. The molecule has 0 aliphatic heterocycles. The average molecular weight is 273 g/mol. The molecule has 0 aliphatic rings. The predicted molar refractivity (Wildman–Crippen MR) is 75.7 cm³/mol. The Hall–Kier alpha value is -1.43. The zero-order chi connectivity index (χ0) is 15.4. The number of carbonyl (C=O) groups excluding carboxylic acids is 3. The van der Waals surface area contributed by atoms with Gasteiger partial charge in [0.1, 0.15) is 12.3 Å². The Labute approximate surface area is 115 Å². The lowest BCUT2D eigenvalue weighted by Gasteiger charge is -2.21. The largest absolute Gasteiger partial charge is 0.348 e. The second kappa shape index (κ2) is 11.6. The van der Waals surface area contributed by atoms with E-state index in [2.05, 4.69) is 16.0 Å². The summed E-state index contributed by atoms with van der Waals surface area (Å²) >= 11 is 0. The molecule has 0 fully saturated rings. The van der Waals surface area contributed by atoms with Crippen LogP contribution >= 0.6 is 0 Å². The predicted octanol–water partition coefficient (Wildman–Crippen LogP) is 0.0764. The minimum Gasteiger partial charge on any atom is -0.348 e. The van der Waals surface area contributed by atoms with Crippen molar-refractivity contribution in [2.24, 2.45) is 5.92 Å². The van der Waals surface area contributed by atoms with E-state index in [4.69, 9.17) is 0 Å². The van der Waals surface area contributed by atoms with Crippen LogP contribution in [0.3, 0.4) is 0 Å². The third-order valence-electron chi connectivity index (χ3n) is 2.37. The van der Waals surface area contributed by atoms with E-state index >= 15 is 0 Å². The lowest BCUT2D eigenvalue weighted by molar-refractivity contribution is -0.130. The molecule has 0 saturated heterocycles. The maximum Gasteiger partial charge on any atom is 0.242 e. The van der Waals surface area contributed by atoms with Gasteiger partial charge in [0.2, 0.25) is 11.8 Å². The molecule has 2 amide bonds. The highest BCUT2D eigenvalue weighted by atomic mass is 16.2. The number of amides is 2. The molecule has 0 aliphatic carbocycles. The number of hydrogen-bond donors (Lipinski definition) is 3. The molecule has 0 saturated carbocycles. The Morgan fingerprint density at radius 2 is 1.63 bits per heavy atom. The first-order valence-corrected chi connectivity index (χ1v) is 6.63. The van der Waals surface area contributed by atoms with E-state index in [0.29, 0.717) is 6.29 Å². The van der Waals surface area contributed by atoms with Crippen molar-refractivity contribution < 1.29 is 14.4 Å². The fourth-order valence-electron chi connectivity index (χ4n) is 1.43. The Kier molecular flexibility index (Phi) is 12.2. The Morgan fingerprint density at radius 1 is 1.11 bits per heavy atom. The van der Waals surface area contributed by atoms with Crippen molar-refractivity contribution in [1.29, 1.82) is 0 Å². The highest BCUT2D eigenvalue weighted by Crippen LogP contribution is 2.01. The van der Waals surface area contributed by atoms with Crippen molar-refractivity contribution in [2.75, 3.05) is 13.6 Å². The fourth-order valence-corrected chi connectivity index (χ4v) is 1.43. The average Bonchev–Trinajstić information content (AvgIpc) is 2.38. The number of carbonyl (C=O) groups is 3. The minimum absolute atomic E-state index is 0.0430. The fraction of sp³-hybridized carbons (Fsp3) is 0.769. The van der Waals surface area contributed by atoms with Crippen molar-refractivity contribution in [2.45, 2.75) is 46.7 Å². The van der Waals surface area contributed by atoms with Crippen molar-refractivity contribution in [3.8, 4) is 0 Å². The van der Waals surface area contributed by atoms with Gasteiger partial charge in [0.05, 0.1) is 12.6 Å². The second-order valence-corrected chi connectivity index (χ2v) is 4.15. The summed E-state index contributed by atoms with van der Waals surface area (Å²) in [7, 11) is 1.70. The van der Waals surface area contributed by atoms with Gasteiger partial charge in [-0.05, 0) is 19.9 Å². The van der Waals surface area contributed by atoms with Crippen LogP contribution in [0.4, 0.5) is 0 Å². The molecule has 0 spiro atoms. The lowest BCUT2D eigenvalue weighted by Crippen LogP contribution is -2.52. The van der Waals surface area contributed by atoms with Crippen LogP contribution in [0, 0.1) is 5.92 Å². The number of aldehydes is 1. The summed E-state index contributed by atoms with van der Waals surface area (Å²) in [5.41, 5.74) is 0. The van der Waals surface area contributed by atoms with Crippen LogP contribution in [0.15, 0.2) is 0 Å². The molecule has 6 heteroatoms. The van der Waals surface area contributed by atoms with Gasteiger partial charge < -0.3 is 20.7 Å². The lowest BCUT2D eigenvalue weighted by atomic mass is 10.0. The Bertz CT molecular complexity index is 280. The van der Waals surface area contributed by atoms with E-state index in [1.54, 1.807) is 14.0 Å². The van der Waals surface area contributed by atoms with Crippen molar-refractivity contribution >= 4 is 18.1 Å². The van der Waals surface area contributed by atoms with Crippen molar-refractivity contribution in [1.82, 2.24) is 16.0 Å². The van der Waals surface area contributed by atoms with Gasteiger partial charge in [0.25, 0.3) is 0 Å². The number of rotatable bonds is 7. The van der Waals surface area contributed by atoms with E-state index < -0.39 is 6.04 Å². The first-order valence-electron chi connectivity index (χ1n) is 6.63. The highest BCUT2D eigenvalue weighted by molar-refractivity contribution is 5.90. The van der Waals surface area contributed by atoms with Crippen LogP contribution in [0.2, 0.25) is 0 Å². The SMILES string of the molecule is CC.CNC(C(=O)N[C@@H](C)C(=O)NCC=O)C(C)C. The molecule has 0 radical (unpaired) electrons. The molecule has 0 aromatic rings. The molecule has 112 valence electrons. The molecule has 2 atom stereocenters. The summed E-state index contributed by atoms with van der Waals surface area (Å²) in [5.74, 6) is -0.467. The van der Waals surface area contributed by atoms with E-state index in [1.807, 2.05) is 27.7 Å². The van der Waals surface area contributed by atoms with Gasteiger partial charge in [-0.3, -0.25) is 9.59 Å². The van der Waals surface area contributed by atoms with E-state index in [1.165, 1.54) is 0 Å². The summed E-state index contributed by atoms with van der Waals surface area (Å²) < 4.78 is 0. The van der Waals surface area contributed by atoms with Gasteiger partial charge in [-0.1, -0.05) is 27.7 Å². The standard InChI is InChI=1S/C11H21N3O3.C2H6/c1-7(2)9(12-4)11(17)14-8(3)10(16)13-5-6-15;1-2/h6-9,12H,5H2,1-4H3,(H,13,16)(H,14,17);1-2H3/t8-,9?;/m0./s1. The summed E-state index contributed by atoms with van der Waals surface area (Å²) in [6.07, 6.45) is 0.594. The van der Waals surface area contributed by atoms with Crippen LogP contribution in [-0.2, 0) is 14.4 Å². The highest BCUT2D eigenvalue weighted by Gasteiger charge is 2.23. The Morgan fingerprint density at radius 3 is 2.00 bits per heavy atom. The Balaban J connectivity index is 0. The van der Waals surface area contributed by atoms with Crippen molar-refractivity contribution in [3.05, 3.63) is 0 Å². The normalized spacial score (nSPS) is 12.8. The van der Waals surface area contributed by atoms with Gasteiger partial charge in [-0.25, -0.2) is 0 Å². The van der Waals surface area contributed by atoms with Gasteiger partial charge in [0, 0.05) is 0 Å². The van der Waals surface area contributed by atoms with Gasteiger partial charge in [-0.15, -0.1) is 0 Å². The van der Waals surface area contributed by atoms with Crippen LogP contribution in [0.1, 0.15) is 34.6 Å².